The van der Waals surface area contributed by atoms with Crippen LogP contribution in [-0.2, 0) is 0 Å². The van der Waals surface area contributed by atoms with E-state index in [1.807, 2.05) is 30.3 Å². The minimum atomic E-state index is 0.690. The molecule has 0 aliphatic carbocycles. The monoisotopic (exact) mass is 852 g/mol. The van der Waals surface area contributed by atoms with Crippen LogP contribution >= 0.6 is 0 Å². The summed E-state index contributed by atoms with van der Waals surface area (Å²) in [5.41, 5.74) is 15.5. The number of hydrogen-bond acceptors (Lipinski definition) is 3. The Morgan fingerprint density at radius 1 is 0.284 bits per heavy atom. The van der Waals surface area contributed by atoms with Crippen molar-refractivity contribution in [3.63, 3.8) is 0 Å². The summed E-state index contributed by atoms with van der Waals surface area (Å²) in [6.07, 6.45) is 0. The van der Waals surface area contributed by atoms with Crippen molar-refractivity contribution in [3.05, 3.63) is 243 Å². The van der Waals surface area contributed by atoms with Gasteiger partial charge in [-0.05, 0) is 46.2 Å². The maximum absolute atomic E-state index is 5.66. The van der Waals surface area contributed by atoms with Crippen LogP contribution in [0.1, 0.15) is 0 Å². The molecule has 3 aromatic heterocycles. The maximum Gasteiger partial charge on any atom is 0.160 e. The quantitative estimate of drug-likeness (QED) is 0.150. The van der Waals surface area contributed by atoms with Crippen molar-refractivity contribution in [2.24, 2.45) is 0 Å². The number of hydrogen-bond donors (Lipinski definition) is 0. The van der Waals surface area contributed by atoms with Crippen molar-refractivity contribution >= 4 is 54.3 Å². The molecule has 10 aromatic carbocycles. The Balaban J connectivity index is 0.992. The van der Waals surface area contributed by atoms with Crippen molar-refractivity contribution in [1.29, 1.82) is 0 Å². The Hall–Kier alpha value is -8.99. The van der Waals surface area contributed by atoms with Crippen LogP contribution in [0, 0.1) is 0 Å². The van der Waals surface area contributed by atoms with Crippen LogP contribution in [0.25, 0.3) is 127 Å². The van der Waals surface area contributed by atoms with Crippen LogP contribution in [0.4, 0.5) is 0 Å². The lowest BCUT2D eigenvalue weighted by Crippen LogP contribution is -2.01. The molecule has 0 N–H and O–H groups in total. The molecule has 3 heterocycles. The number of para-hydroxylation sites is 3. The zero-order valence-electron chi connectivity index (χ0n) is 36.4. The summed E-state index contributed by atoms with van der Waals surface area (Å²) >= 11 is 0. The molecule has 0 bridgehead atoms. The van der Waals surface area contributed by atoms with Crippen LogP contribution in [0.3, 0.4) is 0 Å². The predicted molar refractivity (Wildman–Crippen MR) is 279 cm³/mol. The highest BCUT2D eigenvalue weighted by Gasteiger charge is 2.22. The standard InChI is InChI=1S/C63H40N4/c1-4-18-44(19-5-1)60-57(61(45-20-6-2-7-21-45)66-63(65-60)47-22-8-3-9-23-47)43-31-33-46(34-32-43)59-54-40-37-41-17-10-11-24-49(41)58(54)53-28-16-27-50(62(53)64-59)42-35-38-48(39-36-42)67-55-29-14-12-25-51(55)52-26-13-15-30-56(52)67/h1-40H. The minimum absolute atomic E-state index is 0.690. The van der Waals surface area contributed by atoms with Gasteiger partial charge in [-0.1, -0.05) is 218 Å². The summed E-state index contributed by atoms with van der Waals surface area (Å²) in [5, 5.41) is 8.36. The van der Waals surface area contributed by atoms with Gasteiger partial charge in [-0.25, -0.2) is 15.0 Å². The molecule has 0 aliphatic heterocycles. The summed E-state index contributed by atoms with van der Waals surface area (Å²) in [7, 11) is 0. The molecule has 0 aliphatic rings. The Morgan fingerprint density at radius 3 is 1.40 bits per heavy atom. The van der Waals surface area contributed by atoms with Gasteiger partial charge in [0.25, 0.3) is 0 Å². The molecule has 0 spiro atoms. The fraction of sp³-hybridized carbons (Fsp3) is 0. The van der Waals surface area contributed by atoms with Crippen LogP contribution in [0.15, 0.2) is 243 Å². The number of fused-ring (bicyclic) bond motifs is 8. The van der Waals surface area contributed by atoms with Crippen molar-refractivity contribution in [3.8, 4) is 73.1 Å². The molecule has 0 saturated heterocycles. The largest absolute Gasteiger partial charge is 0.309 e. The molecule has 13 aromatic rings. The van der Waals surface area contributed by atoms with Gasteiger partial charge in [-0.3, -0.25) is 0 Å². The van der Waals surface area contributed by atoms with E-state index in [1.54, 1.807) is 0 Å². The van der Waals surface area contributed by atoms with E-state index in [0.29, 0.717) is 5.82 Å². The summed E-state index contributed by atoms with van der Waals surface area (Å²) in [6, 6.07) is 86.1. The van der Waals surface area contributed by atoms with E-state index in [1.165, 1.54) is 38.0 Å². The first-order valence-electron chi connectivity index (χ1n) is 22.8. The summed E-state index contributed by atoms with van der Waals surface area (Å²) in [5.74, 6) is 0.690. The summed E-state index contributed by atoms with van der Waals surface area (Å²) < 4.78 is 2.37. The zero-order chi connectivity index (χ0) is 44.3. The van der Waals surface area contributed by atoms with Gasteiger partial charge in [-0.2, -0.15) is 0 Å². The molecule has 0 fully saturated rings. The van der Waals surface area contributed by atoms with Crippen LogP contribution in [0.5, 0.6) is 0 Å². The second kappa shape index (κ2) is 15.9. The average Bonchev–Trinajstić information content (AvgIpc) is 3.75. The average molecular weight is 853 g/mol. The lowest BCUT2D eigenvalue weighted by molar-refractivity contribution is 1.18. The molecule has 0 saturated carbocycles. The number of nitrogens with zero attached hydrogens (tertiary/aromatic N) is 4. The van der Waals surface area contributed by atoms with E-state index in [9.17, 15) is 0 Å². The van der Waals surface area contributed by atoms with E-state index < -0.39 is 0 Å². The molecular weight excluding hydrogens is 813 g/mol. The second-order valence-corrected chi connectivity index (χ2v) is 17.1. The number of pyridine rings is 1. The fourth-order valence-corrected chi connectivity index (χ4v) is 10.1. The first-order valence-corrected chi connectivity index (χ1v) is 22.8. The third-order valence-corrected chi connectivity index (χ3v) is 13.2. The number of rotatable bonds is 7. The fourth-order valence-electron chi connectivity index (χ4n) is 10.1. The van der Waals surface area contributed by atoms with Gasteiger partial charge >= 0.3 is 0 Å². The smallest absolute Gasteiger partial charge is 0.160 e. The van der Waals surface area contributed by atoms with Crippen LogP contribution in [-0.4, -0.2) is 19.5 Å². The third-order valence-electron chi connectivity index (χ3n) is 13.2. The van der Waals surface area contributed by atoms with Gasteiger partial charge < -0.3 is 4.57 Å². The van der Waals surface area contributed by atoms with Crippen molar-refractivity contribution in [2.45, 2.75) is 0 Å². The molecule has 0 radical (unpaired) electrons. The molecule has 4 heteroatoms. The second-order valence-electron chi connectivity index (χ2n) is 17.1. The number of aromatic nitrogens is 4. The molecule has 67 heavy (non-hydrogen) atoms. The van der Waals surface area contributed by atoms with E-state index in [0.717, 1.165) is 83.6 Å². The highest BCUT2D eigenvalue weighted by atomic mass is 15.0. The molecule has 13 rings (SSSR count). The Bertz CT molecular complexity index is 3880. The van der Waals surface area contributed by atoms with Crippen molar-refractivity contribution < 1.29 is 0 Å². The SMILES string of the molecule is c1ccc(-c2nc(-c3ccccc3)c(-c3ccc(-c4nc5c(-c6ccc(-n7c8ccccc8c8ccccc87)cc6)cccc5c5c4ccc4ccccc45)cc3)c(-c3ccccc3)n2)cc1. The van der Waals surface area contributed by atoms with Gasteiger partial charge in [0, 0.05) is 66.0 Å². The van der Waals surface area contributed by atoms with Gasteiger partial charge in [0.1, 0.15) is 0 Å². The third kappa shape index (κ3) is 6.49. The maximum atomic E-state index is 5.66. The van der Waals surface area contributed by atoms with Gasteiger partial charge in [-0.15, -0.1) is 0 Å². The van der Waals surface area contributed by atoms with Gasteiger partial charge in [0.2, 0.25) is 0 Å². The normalized spacial score (nSPS) is 11.6. The molecule has 4 nitrogen and oxygen atoms in total. The van der Waals surface area contributed by atoms with Crippen LogP contribution in [0.2, 0.25) is 0 Å². The highest BCUT2D eigenvalue weighted by molar-refractivity contribution is 6.24. The minimum Gasteiger partial charge on any atom is -0.309 e. The highest BCUT2D eigenvalue weighted by Crippen LogP contribution is 2.43. The first kappa shape index (κ1) is 38.5. The van der Waals surface area contributed by atoms with E-state index in [-0.39, 0.29) is 0 Å². The van der Waals surface area contributed by atoms with Crippen LogP contribution < -0.4 is 0 Å². The zero-order valence-corrected chi connectivity index (χ0v) is 36.4. The van der Waals surface area contributed by atoms with E-state index in [4.69, 9.17) is 15.0 Å². The van der Waals surface area contributed by atoms with Crippen molar-refractivity contribution in [1.82, 2.24) is 19.5 Å². The molecular formula is C63H40N4. The first-order chi connectivity index (χ1) is 33.2. The topological polar surface area (TPSA) is 43.6 Å². The molecule has 0 atom stereocenters. The van der Waals surface area contributed by atoms with Crippen molar-refractivity contribution in [2.75, 3.05) is 0 Å². The lowest BCUT2D eigenvalue weighted by atomic mass is 9.91. The van der Waals surface area contributed by atoms with E-state index in [2.05, 4.69) is 217 Å². The molecule has 312 valence electrons. The number of benzene rings is 10. The van der Waals surface area contributed by atoms with Gasteiger partial charge in [0.05, 0.1) is 33.6 Å². The van der Waals surface area contributed by atoms with E-state index >= 15 is 0 Å². The predicted octanol–water partition coefficient (Wildman–Crippen LogP) is 16.4. The molecule has 0 unspecified atom stereocenters. The Labute approximate surface area is 387 Å². The van der Waals surface area contributed by atoms with Gasteiger partial charge in [0.15, 0.2) is 5.82 Å². The lowest BCUT2D eigenvalue weighted by Gasteiger charge is -2.18. The summed E-state index contributed by atoms with van der Waals surface area (Å²) in [6.45, 7) is 0. The summed E-state index contributed by atoms with van der Waals surface area (Å²) in [4.78, 5) is 16.3. The Morgan fingerprint density at radius 2 is 0.776 bits per heavy atom. The molecule has 0 amide bonds. The Kier molecular flexibility index (Phi) is 9.14.